The van der Waals surface area contributed by atoms with E-state index < -0.39 is 5.91 Å². The van der Waals surface area contributed by atoms with Gasteiger partial charge in [-0.25, -0.2) is 4.68 Å². The van der Waals surface area contributed by atoms with Crippen LogP contribution in [-0.4, -0.2) is 35.3 Å². The van der Waals surface area contributed by atoms with Crippen LogP contribution in [0.2, 0.25) is 0 Å². The molecular weight excluding hydrogens is 426 g/mol. The molecule has 0 bridgehead atoms. The molecule has 4 N–H and O–H groups in total. The molecule has 3 aromatic rings. The fourth-order valence-electron chi connectivity index (χ4n) is 4.76. The lowest BCUT2D eigenvalue weighted by Gasteiger charge is -2.33. The highest BCUT2D eigenvalue weighted by atomic mass is 35.5. The number of aromatic nitrogens is 2. The Labute approximate surface area is 193 Å². The molecular formula is C24H28ClN5O2. The number of hydrogen-bond acceptors (Lipinski definition) is 5. The first-order valence-electron chi connectivity index (χ1n) is 10.9. The van der Waals surface area contributed by atoms with Crippen LogP contribution in [0.15, 0.2) is 54.6 Å². The highest BCUT2D eigenvalue weighted by Gasteiger charge is 2.35. The Bertz CT molecular complexity index is 1060. The summed E-state index contributed by atoms with van der Waals surface area (Å²) in [7, 11) is 0. The molecule has 3 heterocycles. The van der Waals surface area contributed by atoms with Crippen LogP contribution >= 0.6 is 12.4 Å². The van der Waals surface area contributed by atoms with Crippen molar-refractivity contribution >= 4 is 24.0 Å². The average Bonchev–Trinajstić information content (AvgIpc) is 3.21. The number of amides is 1. The maximum atomic E-state index is 12.4. The number of fused-ring (bicyclic) bond motifs is 1. The Hall–Kier alpha value is -3.03. The van der Waals surface area contributed by atoms with Gasteiger partial charge in [-0.1, -0.05) is 18.2 Å². The smallest absolute Gasteiger partial charge is 0.269 e. The van der Waals surface area contributed by atoms with E-state index in [-0.39, 0.29) is 12.4 Å². The lowest BCUT2D eigenvalue weighted by atomic mass is 9.79. The first-order valence-corrected chi connectivity index (χ1v) is 10.9. The van der Waals surface area contributed by atoms with Crippen molar-refractivity contribution in [3.05, 3.63) is 66.0 Å². The summed E-state index contributed by atoms with van der Waals surface area (Å²) in [5.41, 5.74) is 8.78. The molecule has 5 rings (SSSR count). The summed E-state index contributed by atoms with van der Waals surface area (Å²) in [5, 5.41) is 11.7. The second-order valence-corrected chi connectivity index (χ2v) is 8.20. The zero-order chi connectivity index (χ0) is 21.2. The number of piperidine rings is 1. The number of halogens is 1. The van der Waals surface area contributed by atoms with E-state index in [9.17, 15) is 4.79 Å². The summed E-state index contributed by atoms with van der Waals surface area (Å²) in [6.07, 6.45) is 3.29. The summed E-state index contributed by atoms with van der Waals surface area (Å²) in [6.45, 7) is 2.91. The van der Waals surface area contributed by atoms with Gasteiger partial charge in [0.15, 0.2) is 5.69 Å². The molecule has 1 unspecified atom stereocenters. The van der Waals surface area contributed by atoms with Crippen LogP contribution in [0, 0.1) is 5.92 Å². The van der Waals surface area contributed by atoms with E-state index in [2.05, 4.69) is 10.6 Å². The molecule has 168 valence electrons. The molecule has 2 aliphatic heterocycles. The normalized spacial score (nSPS) is 18.2. The molecule has 0 radical (unpaired) electrons. The number of nitrogens with two attached hydrogens (primary N) is 1. The number of nitrogens with zero attached hydrogens (tertiary/aromatic N) is 2. The van der Waals surface area contributed by atoms with Gasteiger partial charge in [0.05, 0.1) is 17.1 Å². The summed E-state index contributed by atoms with van der Waals surface area (Å²) in [6, 6.07) is 17.2. The summed E-state index contributed by atoms with van der Waals surface area (Å²) < 4.78 is 7.57. The van der Waals surface area contributed by atoms with Gasteiger partial charge in [0, 0.05) is 12.5 Å². The molecule has 0 saturated carbocycles. The van der Waals surface area contributed by atoms with E-state index in [0.29, 0.717) is 17.5 Å². The molecule has 0 spiro atoms. The maximum absolute atomic E-state index is 12.4. The van der Waals surface area contributed by atoms with E-state index in [1.54, 1.807) is 4.68 Å². The molecule has 2 aliphatic rings. The first kappa shape index (κ1) is 22.2. The van der Waals surface area contributed by atoms with Crippen molar-refractivity contribution in [3.8, 4) is 17.2 Å². The number of rotatable bonds is 5. The Morgan fingerprint density at radius 3 is 2.34 bits per heavy atom. The van der Waals surface area contributed by atoms with Crippen molar-refractivity contribution < 1.29 is 9.53 Å². The monoisotopic (exact) mass is 453 g/mol. The Morgan fingerprint density at radius 2 is 1.66 bits per heavy atom. The van der Waals surface area contributed by atoms with Gasteiger partial charge < -0.3 is 21.1 Å². The largest absolute Gasteiger partial charge is 0.457 e. The van der Waals surface area contributed by atoms with Crippen LogP contribution in [0.3, 0.4) is 0 Å². The number of ether oxygens (including phenoxy) is 1. The van der Waals surface area contributed by atoms with E-state index in [4.69, 9.17) is 15.6 Å². The standard InChI is InChI=1S/C24H27N5O2.ClH/c25-24(30)23-22-21(20(12-15-27-22)16-10-13-26-14-11-16)28-29(23)17-6-8-19(9-7-17)31-18-4-2-1-3-5-18;/h1-9,16,20,26-27H,10-15H2,(H2,25,30);1H. The number of nitrogens with one attached hydrogen (secondary N) is 2. The Morgan fingerprint density at radius 1 is 0.969 bits per heavy atom. The van der Waals surface area contributed by atoms with Crippen molar-refractivity contribution in [3.63, 3.8) is 0 Å². The molecule has 0 aliphatic carbocycles. The zero-order valence-corrected chi connectivity index (χ0v) is 18.6. The lowest BCUT2D eigenvalue weighted by Crippen LogP contribution is -2.33. The van der Waals surface area contributed by atoms with E-state index in [1.807, 2.05) is 54.6 Å². The fraction of sp³-hybridized carbons (Fsp3) is 0.333. The minimum Gasteiger partial charge on any atom is -0.457 e. The van der Waals surface area contributed by atoms with Crippen molar-refractivity contribution in [2.24, 2.45) is 11.7 Å². The highest BCUT2D eigenvalue weighted by molar-refractivity contribution is 5.98. The molecule has 1 aromatic heterocycles. The fourth-order valence-corrected chi connectivity index (χ4v) is 4.76. The molecule has 7 nitrogen and oxygen atoms in total. The predicted molar refractivity (Wildman–Crippen MR) is 127 cm³/mol. The topological polar surface area (TPSA) is 94.2 Å². The van der Waals surface area contributed by atoms with E-state index in [1.165, 1.54) is 0 Å². The molecule has 32 heavy (non-hydrogen) atoms. The molecule has 2 aromatic carbocycles. The van der Waals surface area contributed by atoms with Crippen LogP contribution in [0.1, 0.15) is 41.4 Å². The zero-order valence-electron chi connectivity index (χ0n) is 17.8. The van der Waals surface area contributed by atoms with Crippen molar-refractivity contribution in [1.29, 1.82) is 0 Å². The van der Waals surface area contributed by atoms with Crippen LogP contribution in [0.5, 0.6) is 11.5 Å². The Balaban J connectivity index is 0.00000245. The molecule has 1 atom stereocenters. The van der Waals surface area contributed by atoms with Gasteiger partial charge >= 0.3 is 0 Å². The average molecular weight is 454 g/mol. The van der Waals surface area contributed by atoms with Gasteiger partial charge in [-0.15, -0.1) is 12.4 Å². The van der Waals surface area contributed by atoms with Gasteiger partial charge in [-0.05, 0) is 74.7 Å². The third kappa shape index (κ3) is 4.31. The summed E-state index contributed by atoms with van der Waals surface area (Å²) in [4.78, 5) is 12.4. The van der Waals surface area contributed by atoms with Gasteiger partial charge in [-0.2, -0.15) is 5.10 Å². The number of hydrogen-bond donors (Lipinski definition) is 3. The van der Waals surface area contributed by atoms with E-state index in [0.717, 1.165) is 67.5 Å². The number of primary amides is 1. The van der Waals surface area contributed by atoms with Crippen LogP contribution in [0.4, 0.5) is 5.69 Å². The number of para-hydroxylation sites is 1. The van der Waals surface area contributed by atoms with Gasteiger partial charge in [0.2, 0.25) is 0 Å². The summed E-state index contributed by atoms with van der Waals surface area (Å²) in [5.74, 6) is 1.94. The number of benzene rings is 2. The highest BCUT2D eigenvalue weighted by Crippen LogP contribution is 2.41. The molecule has 1 fully saturated rings. The molecule has 1 saturated heterocycles. The van der Waals surface area contributed by atoms with E-state index >= 15 is 0 Å². The lowest BCUT2D eigenvalue weighted by molar-refractivity contribution is 0.0993. The van der Waals surface area contributed by atoms with Crippen molar-refractivity contribution in [2.75, 3.05) is 25.0 Å². The molecule has 8 heteroatoms. The van der Waals surface area contributed by atoms with Gasteiger partial charge in [-0.3, -0.25) is 4.79 Å². The van der Waals surface area contributed by atoms with Crippen molar-refractivity contribution in [2.45, 2.75) is 25.2 Å². The number of carbonyl (C=O) groups is 1. The van der Waals surface area contributed by atoms with Gasteiger partial charge in [0.1, 0.15) is 11.5 Å². The van der Waals surface area contributed by atoms with Crippen LogP contribution in [0.25, 0.3) is 5.69 Å². The second-order valence-electron chi connectivity index (χ2n) is 8.20. The van der Waals surface area contributed by atoms with Crippen LogP contribution < -0.4 is 21.1 Å². The number of anilines is 1. The predicted octanol–water partition coefficient (Wildman–Crippen LogP) is 4.08. The van der Waals surface area contributed by atoms with Crippen LogP contribution in [-0.2, 0) is 0 Å². The van der Waals surface area contributed by atoms with Gasteiger partial charge in [0.25, 0.3) is 5.91 Å². The minimum absolute atomic E-state index is 0. The molecule has 1 amide bonds. The third-order valence-electron chi connectivity index (χ3n) is 6.27. The first-order chi connectivity index (χ1) is 15.2. The van der Waals surface area contributed by atoms with Crippen molar-refractivity contribution in [1.82, 2.24) is 15.1 Å². The maximum Gasteiger partial charge on any atom is 0.269 e. The Kier molecular flexibility index (Phi) is 6.67. The summed E-state index contributed by atoms with van der Waals surface area (Å²) >= 11 is 0. The quantitative estimate of drug-likeness (QED) is 0.541. The second kappa shape index (κ2) is 9.63. The number of carbonyl (C=O) groups excluding carboxylic acids is 1. The third-order valence-corrected chi connectivity index (χ3v) is 6.27. The minimum atomic E-state index is -0.475. The SMILES string of the molecule is Cl.NC(=O)c1c2c(nn1-c1ccc(Oc3ccccc3)cc1)C(C1CCNCC1)CCN2.